The lowest BCUT2D eigenvalue weighted by Crippen LogP contribution is -2.49. The van der Waals surface area contributed by atoms with Gasteiger partial charge < -0.3 is 9.84 Å². The van der Waals surface area contributed by atoms with Crippen molar-refractivity contribution in [1.29, 1.82) is 0 Å². The van der Waals surface area contributed by atoms with Crippen LogP contribution in [0.15, 0.2) is 30.3 Å². The van der Waals surface area contributed by atoms with Gasteiger partial charge in [-0.2, -0.15) is 0 Å². The normalized spacial score (nSPS) is 22.9. The number of aliphatic carboxylic acids is 1. The van der Waals surface area contributed by atoms with Gasteiger partial charge in [-0.1, -0.05) is 30.3 Å². The second-order valence-electron chi connectivity index (χ2n) is 4.65. The first-order valence-electron chi connectivity index (χ1n) is 5.87. The third kappa shape index (κ3) is 2.19. The molecule has 20 heavy (non-hydrogen) atoms. The van der Waals surface area contributed by atoms with Crippen molar-refractivity contribution >= 4 is 12.1 Å². The maximum absolute atomic E-state index is 13.2. The molecule has 1 saturated carbocycles. The average Bonchev–Trinajstić information content (AvgIpc) is 3.01. The zero-order valence-corrected chi connectivity index (χ0v) is 10.7. The van der Waals surface area contributed by atoms with E-state index in [0.29, 0.717) is 10.5 Å². The highest BCUT2D eigenvalue weighted by Crippen LogP contribution is 2.56. The predicted octanol–water partition coefficient (Wildman–Crippen LogP) is 2.12. The third-order valence-corrected chi connectivity index (χ3v) is 3.36. The number of nitrogens with zero attached hydrogens (tertiary/aromatic N) is 1. The molecule has 1 aromatic rings. The summed E-state index contributed by atoms with van der Waals surface area (Å²) in [5.74, 6) is -5.17. The molecule has 0 aliphatic heterocycles. The van der Waals surface area contributed by atoms with Gasteiger partial charge in [-0.3, -0.25) is 4.90 Å². The van der Waals surface area contributed by atoms with E-state index in [4.69, 9.17) is 9.84 Å². The van der Waals surface area contributed by atoms with Gasteiger partial charge in [-0.25, -0.2) is 18.4 Å². The molecule has 108 valence electrons. The van der Waals surface area contributed by atoms with E-state index in [1.54, 1.807) is 30.3 Å². The Labute approximate surface area is 113 Å². The molecule has 0 saturated heterocycles. The number of carboxylic acids is 1. The number of ether oxygens (including phenoxy) is 1. The Hall–Kier alpha value is -2.18. The topological polar surface area (TPSA) is 66.8 Å². The van der Waals surface area contributed by atoms with Gasteiger partial charge in [0.05, 0.1) is 6.42 Å². The van der Waals surface area contributed by atoms with Crippen molar-refractivity contribution in [3.05, 3.63) is 35.9 Å². The summed E-state index contributed by atoms with van der Waals surface area (Å²) in [4.78, 5) is 23.1. The number of likely N-dealkylation sites (N-methyl/N-ethyl adjacent to an activating group) is 1. The smallest absolute Gasteiger partial charge is 0.410 e. The van der Waals surface area contributed by atoms with Crippen molar-refractivity contribution in [3.8, 4) is 0 Å². The Kier molecular flexibility index (Phi) is 3.37. The minimum Gasteiger partial charge on any atom is -0.479 e. The highest BCUT2D eigenvalue weighted by Gasteiger charge is 2.80. The first-order valence-corrected chi connectivity index (χ1v) is 5.87. The number of amides is 1. The number of rotatable bonds is 4. The number of hydrogen-bond acceptors (Lipinski definition) is 3. The van der Waals surface area contributed by atoms with Crippen molar-refractivity contribution in [2.24, 2.45) is 0 Å². The van der Waals surface area contributed by atoms with Gasteiger partial charge in [0.15, 0.2) is 0 Å². The maximum Gasteiger partial charge on any atom is 0.410 e. The van der Waals surface area contributed by atoms with Crippen molar-refractivity contribution in [1.82, 2.24) is 4.90 Å². The van der Waals surface area contributed by atoms with E-state index in [-0.39, 0.29) is 6.61 Å². The fraction of sp³-hybridized carbons (Fsp3) is 0.385. The number of carbonyl (C=O) groups excluding carboxylic acids is 1. The molecule has 0 heterocycles. The van der Waals surface area contributed by atoms with E-state index in [0.717, 1.165) is 7.05 Å². The molecule has 2 rings (SSSR count). The number of halogens is 2. The van der Waals surface area contributed by atoms with Crippen LogP contribution in [0, 0.1) is 0 Å². The van der Waals surface area contributed by atoms with E-state index >= 15 is 0 Å². The van der Waals surface area contributed by atoms with Crippen LogP contribution in [0.25, 0.3) is 0 Å². The molecule has 1 amide bonds. The third-order valence-electron chi connectivity index (χ3n) is 3.36. The van der Waals surface area contributed by atoms with Gasteiger partial charge in [0, 0.05) is 7.05 Å². The number of alkyl halides is 2. The molecular weight excluding hydrogens is 272 g/mol. The highest BCUT2D eigenvalue weighted by atomic mass is 19.3. The Bertz CT molecular complexity index is 534. The summed E-state index contributed by atoms with van der Waals surface area (Å²) >= 11 is 0. The summed E-state index contributed by atoms with van der Waals surface area (Å²) in [6.07, 6.45) is -1.99. The van der Waals surface area contributed by atoms with Crippen LogP contribution in [-0.2, 0) is 16.1 Å². The molecule has 7 heteroatoms. The van der Waals surface area contributed by atoms with E-state index in [9.17, 15) is 18.4 Å². The van der Waals surface area contributed by atoms with Gasteiger partial charge in [-0.15, -0.1) is 0 Å². The lowest BCUT2D eigenvalue weighted by atomic mass is 10.2. The molecule has 0 spiro atoms. The highest BCUT2D eigenvalue weighted by molar-refractivity contribution is 5.89. The fourth-order valence-electron chi connectivity index (χ4n) is 1.99. The number of hydrogen-bond donors (Lipinski definition) is 1. The standard InChI is InChI=1S/C13H13F2NO4/c1-16(12(10(17)18)8-13(12,14)15)11(19)20-7-9-5-3-2-4-6-9/h2-6H,7-8H2,1H3,(H,17,18). The zero-order chi connectivity index (χ0) is 15.0. The number of carbonyl (C=O) groups is 2. The average molecular weight is 285 g/mol. The SMILES string of the molecule is CN(C(=O)OCc1ccccc1)C1(C(=O)O)CC1(F)F. The second-order valence-corrected chi connectivity index (χ2v) is 4.65. The fourth-order valence-corrected chi connectivity index (χ4v) is 1.99. The van der Waals surface area contributed by atoms with E-state index < -0.39 is 29.9 Å². The molecule has 1 unspecified atom stereocenters. The minimum absolute atomic E-state index is 0.106. The van der Waals surface area contributed by atoms with Crippen LogP contribution in [0.4, 0.5) is 13.6 Å². The molecular formula is C13H13F2NO4. The summed E-state index contributed by atoms with van der Waals surface area (Å²) in [5.41, 5.74) is -1.80. The number of carboxylic acid groups (broad SMARTS) is 1. The van der Waals surface area contributed by atoms with Crippen LogP contribution in [0.2, 0.25) is 0 Å². The van der Waals surface area contributed by atoms with Crippen LogP contribution in [0.5, 0.6) is 0 Å². The van der Waals surface area contributed by atoms with Crippen LogP contribution < -0.4 is 0 Å². The summed E-state index contributed by atoms with van der Waals surface area (Å²) in [5, 5.41) is 8.91. The van der Waals surface area contributed by atoms with Crippen molar-refractivity contribution in [2.75, 3.05) is 7.05 Å². The summed E-state index contributed by atoms with van der Waals surface area (Å²) in [7, 11) is 1.00. The molecule has 1 aliphatic carbocycles. The van der Waals surface area contributed by atoms with Gasteiger partial charge in [0.25, 0.3) is 5.92 Å². The first-order chi connectivity index (χ1) is 9.31. The van der Waals surface area contributed by atoms with Gasteiger partial charge in [0.1, 0.15) is 6.61 Å². The Balaban J connectivity index is 2.01. The summed E-state index contributed by atoms with van der Waals surface area (Å²) < 4.78 is 31.3. The molecule has 0 bridgehead atoms. The predicted molar refractivity (Wildman–Crippen MR) is 64.3 cm³/mol. The molecule has 1 aliphatic rings. The quantitative estimate of drug-likeness (QED) is 0.920. The van der Waals surface area contributed by atoms with Crippen molar-refractivity contribution in [2.45, 2.75) is 24.5 Å². The van der Waals surface area contributed by atoms with E-state index in [1.807, 2.05) is 0 Å². The Morgan fingerprint density at radius 2 is 1.90 bits per heavy atom. The maximum atomic E-state index is 13.2. The Morgan fingerprint density at radius 1 is 1.35 bits per heavy atom. The summed E-state index contributed by atoms with van der Waals surface area (Å²) in [6.45, 7) is -0.106. The lowest BCUT2D eigenvalue weighted by Gasteiger charge is -2.24. The Morgan fingerprint density at radius 3 is 2.35 bits per heavy atom. The number of benzene rings is 1. The molecule has 0 radical (unpaired) electrons. The lowest BCUT2D eigenvalue weighted by molar-refractivity contribution is -0.148. The molecule has 5 nitrogen and oxygen atoms in total. The van der Waals surface area contributed by atoms with E-state index in [1.165, 1.54) is 0 Å². The van der Waals surface area contributed by atoms with Crippen molar-refractivity contribution < 1.29 is 28.2 Å². The molecule has 0 aromatic heterocycles. The monoisotopic (exact) mass is 285 g/mol. The second kappa shape index (κ2) is 4.73. The van der Waals surface area contributed by atoms with Crippen LogP contribution in [-0.4, -0.2) is 40.6 Å². The largest absolute Gasteiger partial charge is 0.479 e. The molecule has 1 atom stereocenters. The van der Waals surface area contributed by atoms with E-state index in [2.05, 4.69) is 0 Å². The zero-order valence-electron chi connectivity index (χ0n) is 10.7. The van der Waals surface area contributed by atoms with Gasteiger partial charge in [-0.05, 0) is 5.56 Å². The van der Waals surface area contributed by atoms with Crippen molar-refractivity contribution in [3.63, 3.8) is 0 Å². The van der Waals surface area contributed by atoms with Crippen LogP contribution >= 0.6 is 0 Å². The summed E-state index contributed by atoms with van der Waals surface area (Å²) in [6, 6.07) is 8.65. The molecule has 1 aromatic carbocycles. The first kappa shape index (κ1) is 14.2. The van der Waals surface area contributed by atoms with Crippen LogP contribution in [0.1, 0.15) is 12.0 Å². The van der Waals surface area contributed by atoms with Gasteiger partial charge in [0.2, 0.25) is 5.54 Å². The molecule has 1 N–H and O–H groups in total. The van der Waals surface area contributed by atoms with Gasteiger partial charge >= 0.3 is 12.1 Å². The molecule has 1 fully saturated rings. The minimum atomic E-state index is -3.43. The van der Waals surface area contributed by atoms with Crippen LogP contribution in [0.3, 0.4) is 0 Å².